The molecule has 0 bridgehead atoms. The third-order valence-electron chi connectivity index (χ3n) is 10.2. The molecular formula is C24H40O4. The topological polar surface area (TPSA) is 77.8 Å². The minimum absolute atomic E-state index is 0.179. The molecule has 4 heteroatoms. The zero-order valence-corrected chi connectivity index (χ0v) is 17.9. The lowest BCUT2D eigenvalue weighted by Crippen LogP contribution is -2.58. The van der Waals surface area contributed by atoms with Crippen LogP contribution in [0.15, 0.2) is 0 Å². The molecule has 4 aliphatic rings. The third kappa shape index (κ3) is 3.14. The third-order valence-corrected chi connectivity index (χ3v) is 10.2. The smallest absolute Gasteiger partial charge is 0.303 e. The molecule has 0 saturated heterocycles. The SMILES string of the molecule is C[C@@H](CCC(=O)O)[C@H]1CC[C@H]2[C@@H]3[C@@H](O)C[C@H]4C[C@@H](O)CC[C@]4(C)[C@H]3CC[C@]12C. The van der Waals surface area contributed by atoms with Gasteiger partial charge >= 0.3 is 5.97 Å². The molecular weight excluding hydrogens is 352 g/mol. The Balaban J connectivity index is 1.55. The predicted molar refractivity (Wildman–Crippen MR) is 109 cm³/mol. The second kappa shape index (κ2) is 7.27. The van der Waals surface area contributed by atoms with E-state index < -0.39 is 5.97 Å². The van der Waals surface area contributed by atoms with Crippen LogP contribution in [0.4, 0.5) is 0 Å². The fourth-order valence-corrected chi connectivity index (χ4v) is 8.73. The summed E-state index contributed by atoms with van der Waals surface area (Å²) in [6.45, 7) is 7.16. The van der Waals surface area contributed by atoms with Gasteiger partial charge in [0.2, 0.25) is 0 Å². The summed E-state index contributed by atoms with van der Waals surface area (Å²) in [6.07, 6.45) is 9.19. The van der Waals surface area contributed by atoms with E-state index >= 15 is 0 Å². The first-order chi connectivity index (χ1) is 13.2. The summed E-state index contributed by atoms with van der Waals surface area (Å²) in [5.74, 6) is 2.36. The first-order valence-corrected chi connectivity index (χ1v) is 11.7. The molecule has 4 saturated carbocycles. The maximum atomic E-state index is 11.2. The number of carboxylic acid groups (broad SMARTS) is 1. The maximum absolute atomic E-state index is 11.2. The van der Waals surface area contributed by atoms with E-state index in [4.69, 9.17) is 5.11 Å². The second-order valence-corrected chi connectivity index (χ2v) is 11.4. The Morgan fingerprint density at radius 2 is 1.68 bits per heavy atom. The molecule has 28 heavy (non-hydrogen) atoms. The molecule has 0 radical (unpaired) electrons. The number of fused-ring (bicyclic) bond motifs is 5. The molecule has 4 rings (SSSR count). The van der Waals surface area contributed by atoms with E-state index in [0.717, 1.165) is 32.1 Å². The van der Waals surface area contributed by atoms with Crippen LogP contribution in [-0.2, 0) is 4.79 Å². The summed E-state index contributed by atoms with van der Waals surface area (Å²) in [4.78, 5) is 11.1. The van der Waals surface area contributed by atoms with Crippen LogP contribution in [-0.4, -0.2) is 33.5 Å². The predicted octanol–water partition coefficient (Wildman–Crippen LogP) is 4.48. The van der Waals surface area contributed by atoms with Crippen LogP contribution < -0.4 is 0 Å². The second-order valence-electron chi connectivity index (χ2n) is 11.4. The molecule has 0 aromatic rings. The van der Waals surface area contributed by atoms with Gasteiger partial charge in [-0.3, -0.25) is 4.79 Å². The number of aliphatic hydroxyl groups is 2. The van der Waals surface area contributed by atoms with Gasteiger partial charge in [0.15, 0.2) is 0 Å². The summed E-state index contributed by atoms with van der Waals surface area (Å²) in [5.41, 5.74) is 0.523. The lowest BCUT2D eigenvalue weighted by atomic mass is 9.43. The minimum atomic E-state index is -0.684. The van der Waals surface area contributed by atoms with Gasteiger partial charge in [-0.05, 0) is 104 Å². The number of carboxylic acids is 1. The van der Waals surface area contributed by atoms with Crippen molar-refractivity contribution < 1.29 is 20.1 Å². The summed E-state index contributed by atoms with van der Waals surface area (Å²) < 4.78 is 0. The Kier molecular flexibility index (Phi) is 5.36. The van der Waals surface area contributed by atoms with Crippen molar-refractivity contribution in [3.63, 3.8) is 0 Å². The molecule has 0 aliphatic heterocycles. The van der Waals surface area contributed by atoms with Crippen LogP contribution in [0.5, 0.6) is 0 Å². The Hall–Kier alpha value is -0.610. The van der Waals surface area contributed by atoms with Gasteiger partial charge in [0, 0.05) is 6.42 Å². The van der Waals surface area contributed by atoms with E-state index in [1.165, 1.54) is 25.7 Å². The van der Waals surface area contributed by atoms with E-state index in [1.807, 2.05) is 0 Å². The zero-order chi connectivity index (χ0) is 20.3. The molecule has 3 N–H and O–H groups in total. The Bertz CT molecular complexity index is 605. The molecule has 10 atom stereocenters. The van der Waals surface area contributed by atoms with E-state index in [9.17, 15) is 15.0 Å². The minimum Gasteiger partial charge on any atom is -0.481 e. The zero-order valence-electron chi connectivity index (χ0n) is 17.9. The van der Waals surface area contributed by atoms with Gasteiger partial charge in [-0.25, -0.2) is 0 Å². The highest BCUT2D eigenvalue weighted by atomic mass is 16.4. The summed E-state index contributed by atoms with van der Waals surface area (Å²) in [7, 11) is 0. The van der Waals surface area contributed by atoms with Gasteiger partial charge in [-0.1, -0.05) is 20.8 Å². The van der Waals surface area contributed by atoms with E-state index in [2.05, 4.69) is 20.8 Å². The number of rotatable bonds is 4. The average Bonchev–Trinajstić information content (AvgIpc) is 2.98. The standard InChI is InChI=1S/C24H40O4/c1-14(4-7-21(27)28)17-5-6-18-22-19(9-11-24(17,18)3)23(2)10-8-16(25)12-15(23)13-20(22)26/h14-20,22,25-26H,4-13H2,1-3H3,(H,27,28)/t14-,15+,16-,17+,18-,19-,20-,22-,23-,24+/m0/s1. The monoisotopic (exact) mass is 392 g/mol. The number of aliphatic hydroxyl groups excluding tert-OH is 2. The number of aliphatic carboxylic acids is 1. The summed E-state index contributed by atoms with van der Waals surface area (Å²) in [6, 6.07) is 0. The van der Waals surface area contributed by atoms with Crippen molar-refractivity contribution in [3.05, 3.63) is 0 Å². The summed E-state index contributed by atoms with van der Waals surface area (Å²) >= 11 is 0. The van der Waals surface area contributed by atoms with Crippen LogP contribution in [0.1, 0.15) is 85.0 Å². The van der Waals surface area contributed by atoms with Crippen molar-refractivity contribution in [3.8, 4) is 0 Å². The molecule has 0 heterocycles. The lowest BCUT2D eigenvalue weighted by molar-refractivity contribution is -0.174. The maximum Gasteiger partial charge on any atom is 0.303 e. The average molecular weight is 393 g/mol. The highest BCUT2D eigenvalue weighted by Gasteiger charge is 2.62. The van der Waals surface area contributed by atoms with Gasteiger partial charge < -0.3 is 15.3 Å². The fraction of sp³-hybridized carbons (Fsp3) is 0.958. The Morgan fingerprint density at radius 3 is 2.39 bits per heavy atom. The van der Waals surface area contributed by atoms with Crippen LogP contribution in [0, 0.1) is 46.3 Å². The molecule has 0 aromatic carbocycles. The molecule has 4 aliphatic carbocycles. The van der Waals surface area contributed by atoms with Crippen molar-refractivity contribution in [2.24, 2.45) is 46.3 Å². The Morgan fingerprint density at radius 1 is 1.00 bits per heavy atom. The van der Waals surface area contributed by atoms with Crippen molar-refractivity contribution in [2.75, 3.05) is 0 Å². The normalized spacial score (nSPS) is 51.7. The largest absolute Gasteiger partial charge is 0.481 e. The summed E-state index contributed by atoms with van der Waals surface area (Å²) in [5, 5.41) is 30.5. The highest BCUT2D eigenvalue weighted by Crippen LogP contribution is 2.68. The molecule has 160 valence electrons. The number of carbonyl (C=O) groups is 1. The van der Waals surface area contributed by atoms with E-state index in [0.29, 0.717) is 35.5 Å². The van der Waals surface area contributed by atoms with Crippen molar-refractivity contribution >= 4 is 5.97 Å². The van der Waals surface area contributed by atoms with Gasteiger partial charge in [0.1, 0.15) is 0 Å². The van der Waals surface area contributed by atoms with Crippen LogP contribution in [0.25, 0.3) is 0 Å². The van der Waals surface area contributed by atoms with Crippen LogP contribution in [0.2, 0.25) is 0 Å². The molecule has 0 amide bonds. The van der Waals surface area contributed by atoms with E-state index in [1.54, 1.807) is 0 Å². The van der Waals surface area contributed by atoms with Gasteiger partial charge in [0.25, 0.3) is 0 Å². The number of hydrogen-bond acceptors (Lipinski definition) is 3. The molecule has 0 unspecified atom stereocenters. The fourth-order valence-electron chi connectivity index (χ4n) is 8.73. The number of hydrogen-bond donors (Lipinski definition) is 3. The van der Waals surface area contributed by atoms with Crippen molar-refractivity contribution in [1.82, 2.24) is 0 Å². The van der Waals surface area contributed by atoms with Crippen molar-refractivity contribution in [1.29, 1.82) is 0 Å². The first-order valence-electron chi connectivity index (χ1n) is 11.7. The van der Waals surface area contributed by atoms with Gasteiger partial charge in [-0.2, -0.15) is 0 Å². The van der Waals surface area contributed by atoms with E-state index in [-0.39, 0.29) is 29.5 Å². The quantitative estimate of drug-likeness (QED) is 0.659. The van der Waals surface area contributed by atoms with Gasteiger partial charge in [-0.15, -0.1) is 0 Å². The van der Waals surface area contributed by atoms with Gasteiger partial charge in [0.05, 0.1) is 12.2 Å². The highest BCUT2D eigenvalue weighted by molar-refractivity contribution is 5.66. The Labute approximate surface area is 170 Å². The molecule has 0 spiro atoms. The van der Waals surface area contributed by atoms with Crippen LogP contribution >= 0.6 is 0 Å². The first kappa shape index (κ1) is 20.7. The molecule has 4 nitrogen and oxygen atoms in total. The van der Waals surface area contributed by atoms with Crippen molar-refractivity contribution in [2.45, 2.75) is 97.2 Å². The van der Waals surface area contributed by atoms with Crippen LogP contribution in [0.3, 0.4) is 0 Å². The molecule has 0 aromatic heterocycles. The molecule has 4 fully saturated rings. The lowest BCUT2D eigenvalue weighted by Gasteiger charge is -2.62.